The zero-order valence-electron chi connectivity index (χ0n) is 17.5. The molecule has 4 rings (SSSR count). The fourth-order valence-corrected chi connectivity index (χ4v) is 3.79. The highest BCUT2D eigenvalue weighted by Crippen LogP contribution is 2.55. The number of carbonyl (C=O) groups excluding carboxylic acids is 1. The summed E-state index contributed by atoms with van der Waals surface area (Å²) in [4.78, 5) is 25.2. The lowest BCUT2D eigenvalue weighted by Gasteiger charge is -2.19. The number of aromatic nitrogens is 3. The number of nitrogens with zero attached hydrogens (tertiary/aromatic N) is 3. The van der Waals surface area contributed by atoms with Crippen LogP contribution in [0.3, 0.4) is 0 Å². The number of hydrogen-bond acceptors (Lipinski definition) is 5. The second-order valence-corrected chi connectivity index (χ2v) is 7.85. The van der Waals surface area contributed by atoms with Gasteiger partial charge < -0.3 is 10.1 Å². The van der Waals surface area contributed by atoms with Crippen molar-refractivity contribution in [2.24, 2.45) is 5.92 Å². The maximum absolute atomic E-state index is 13.0. The van der Waals surface area contributed by atoms with Crippen molar-refractivity contribution in [2.45, 2.75) is 31.9 Å². The van der Waals surface area contributed by atoms with E-state index in [2.05, 4.69) is 20.3 Å². The van der Waals surface area contributed by atoms with Crippen LogP contribution in [-0.2, 0) is 16.4 Å². The third-order valence-electron chi connectivity index (χ3n) is 5.62. The zero-order chi connectivity index (χ0) is 22.9. The van der Waals surface area contributed by atoms with Crippen molar-refractivity contribution in [1.29, 1.82) is 0 Å². The Balaban J connectivity index is 1.54. The Bertz CT molecular complexity index is 1140. The first kappa shape index (κ1) is 21.7. The molecule has 0 spiro atoms. The number of anilines is 1. The van der Waals surface area contributed by atoms with Gasteiger partial charge in [0, 0.05) is 11.6 Å². The van der Waals surface area contributed by atoms with Crippen molar-refractivity contribution in [2.75, 3.05) is 11.9 Å². The normalized spacial score (nSPS) is 20.0. The molecule has 1 aromatic carbocycles. The third-order valence-corrected chi connectivity index (χ3v) is 5.62. The van der Waals surface area contributed by atoms with Crippen LogP contribution >= 0.6 is 0 Å². The van der Waals surface area contributed by atoms with Crippen molar-refractivity contribution in [3.63, 3.8) is 0 Å². The third kappa shape index (κ3) is 4.42. The molecular weight excluding hydrogens is 421 g/mol. The minimum atomic E-state index is -4.52. The predicted molar refractivity (Wildman–Crippen MR) is 111 cm³/mol. The summed E-state index contributed by atoms with van der Waals surface area (Å²) in [5.74, 6) is 0.137. The molecule has 3 aromatic rings. The van der Waals surface area contributed by atoms with Crippen molar-refractivity contribution in [1.82, 2.24) is 15.0 Å². The molecule has 1 aliphatic rings. The lowest BCUT2D eigenvalue weighted by Crippen LogP contribution is -2.27. The van der Waals surface area contributed by atoms with E-state index in [-0.39, 0.29) is 12.4 Å². The molecule has 1 N–H and O–H groups in total. The Kier molecular flexibility index (Phi) is 5.58. The van der Waals surface area contributed by atoms with E-state index < -0.39 is 29.0 Å². The Morgan fingerprint density at radius 1 is 1.19 bits per heavy atom. The molecule has 2 atom stereocenters. The molecule has 0 radical (unpaired) electrons. The van der Waals surface area contributed by atoms with Gasteiger partial charge in [-0.05, 0) is 38.0 Å². The summed E-state index contributed by atoms with van der Waals surface area (Å²) in [6.07, 6.45) is -1.40. The van der Waals surface area contributed by atoms with E-state index in [1.54, 1.807) is 13.1 Å². The van der Waals surface area contributed by atoms with E-state index in [1.807, 2.05) is 37.3 Å². The van der Waals surface area contributed by atoms with Gasteiger partial charge in [-0.2, -0.15) is 13.2 Å². The molecular formula is C23H21F3N4O2. The Labute approximate surface area is 182 Å². The Morgan fingerprint density at radius 2 is 1.94 bits per heavy atom. The summed E-state index contributed by atoms with van der Waals surface area (Å²) in [6.45, 7) is 3.80. The highest BCUT2D eigenvalue weighted by Gasteiger charge is 2.60. The standard InChI is InChI=1S/C23H21F3N4O2/c1-14-19(12-28-15(2)29-14)32-13-22(16-6-4-3-5-7-16)11-18(22)21(31)30-20-10-17(8-9-27-20)23(24,25)26/h3-10,12,18H,11,13H2,1-2H3,(H,27,30,31)/t18-,22+/m0/s1. The van der Waals surface area contributed by atoms with Gasteiger partial charge in [0.25, 0.3) is 0 Å². The van der Waals surface area contributed by atoms with E-state index in [4.69, 9.17) is 4.74 Å². The van der Waals surface area contributed by atoms with Gasteiger partial charge in [0.2, 0.25) is 5.91 Å². The second kappa shape index (κ2) is 8.22. The highest BCUT2D eigenvalue weighted by atomic mass is 19.4. The predicted octanol–water partition coefficient (Wildman–Crippen LogP) is 4.48. The first-order valence-corrected chi connectivity index (χ1v) is 10.0. The van der Waals surface area contributed by atoms with Gasteiger partial charge >= 0.3 is 6.18 Å². The molecule has 166 valence electrons. The number of pyridine rings is 1. The maximum atomic E-state index is 13.0. The van der Waals surface area contributed by atoms with Gasteiger partial charge in [-0.15, -0.1) is 0 Å². The fourth-order valence-electron chi connectivity index (χ4n) is 3.79. The first-order chi connectivity index (χ1) is 15.2. The van der Waals surface area contributed by atoms with E-state index in [1.165, 1.54) is 0 Å². The van der Waals surface area contributed by atoms with Crippen LogP contribution in [0, 0.1) is 19.8 Å². The Hall–Kier alpha value is -3.49. The molecule has 0 bridgehead atoms. The minimum absolute atomic E-state index is 0.137. The number of amides is 1. The van der Waals surface area contributed by atoms with Crippen LogP contribution in [0.1, 0.15) is 29.1 Å². The highest BCUT2D eigenvalue weighted by molar-refractivity contribution is 5.95. The topological polar surface area (TPSA) is 77.0 Å². The van der Waals surface area contributed by atoms with Gasteiger partial charge in [-0.25, -0.2) is 15.0 Å². The first-order valence-electron chi connectivity index (χ1n) is 10.0. The van der Waals surface area contributed by atoms with Crippen LogP contribution in [0.25, 0.3) is 0 Å². The quantitative estimate of drug-likeness (QED) is 0.609. The van der Waals surface area contributed by atoms with Gasteiger partial charge in [0.15, 0.2) is 5.75 Å². The van der Waals surface area contributed by atoms with Crippen LogP contribution in [-0.4, -0.2) is 27.5 Å². The molecule has 6 nitrogen and oxygen atoms in total. The molecule has 1 aliphatic carbocycles. The van der Waals surface area contributed by atoms with E-state index in [0.717, 1.165) is 23.9 Å². The van der Waals surface area contributed by atoms with Crippen LogP contribution in [0.2, 0.25) is 0 Å². The Morgan fingerprint density at radius 3 is 2.62 bits per heavy atom. The number of benzene rings is 1. The molecule has 1 fully saturated rings. The van der Waals surface area contributed by atoms with E-state index in [9.17, 15) is 18.0 Å². The monoisotopic (exact) mass is 442 g/mol. The number of rotatable bonds is 6. The van der Waals surface area contributed by atoms with Gasteiger partial charge in [0.05, 0.1) is 30.0 Å². The van der Waals surface area contributed by atoms with E-state index >= 15 is 0 Å². The molecule has 32 heavy (non-hydrogen) atoms. The smallest absolute Gasteiger partial charge is 0.416 e. The van der Waals surface area contributed by atoms with Crippen molar-refractivity contribution < 1.29 is 22.7 Å². The lowest BCUT2D eigenvalue weighted by molar-refractivity contribution is -0.137. The summed E-state index contributed by atoms with van der Waals surface area (Å²) in [7, 11) is 0. The molecule has 1 saturated carbocycles. The molecule has 2 heterocycles. The largest absolute Gasteiger partial charge is 0.489 e. The van der Waals surface area contributed by atoms with Gasteiger partial charge in [0.1, 0.15) is 11.6 Å². The fraction of sp³-hybridized carbons (Fsp3) is 0.304. The SMILES string of the molecule is Cc1ncc(OC[C@@]2(c3ccccc3)C[C@H]2C(=O)Nc2cc(C(F)(F)F)ccn2)c(C)n1. The zero-order valence-corrected chi connectivity index (χ0v) is 17.5. The van der Waals surface area contributed by atoms with Crippen molar-refractivity contribution >= 4 is 11.7 Å². The number of alkyl halides is 3. The number of nitrogens with one attached hydrogen (secondary N) is 1. The molecule has 0 saturated heterocycles. The average Bonchev–Trinajstić information content (AvgIpc) is 3.49. The summed E-state index contributed by atoms with van der Waals surface area (Å²) in [5.41, 5.74) is 0.133. The van der Waals surface area contributed by atoms with E-state index in [0.29, 0.717) is 23.7 Å². The van der Waals surface area contributed by atoms with Crippen LogP contribution in [0.4, 0.5) is 19.0 Å². The summed E-state index contributed by atoms with van der Waals surface area (Å²) in [5, 5.41) is 2.53. The van der Waals surface area contributed by atoms with Crippen molar-refractivity contribution in [3.05, 3.63) is 77.5 Å². The molecule has 1 amide bonds. The summed E-state index contributed by atoms with van der Waals surface area (Å²) < 4.78 is 44.9. The maximum Gasteiger partial charge on any atom is 0.416 e. The average molecular weight is 442 g/mol. The summed E-state index contributed by atoms with van der Waals surface area (Å²) in [6, 6.07) is 11.1. The molecule has 9 heteroatoms. The van der Waals surface area contributed by atoms with Gasteiger partial charge in [-0.3, -0.25) is 4.79 Å². The number of ether oxygens (including phenoxy) is 1. The minimum Gasteiger partial charge on any atom is -0.489 e. The summed E-state index contributed by atoms with van der Waals surface area (Å²) >= 11 is 0. The van der Waals surface area contributed by atoms with Crippen LogP contribution in [0.5, 0.6) is 5.75 Å². The number of hydrogen-bond donors (Lipinski definition) is 1. The van der Waals surface area contributed by atoms with Crippen LogP contribution < -0.4 is 10.1 Å². The number of halogens is 3. The molecule has 2 aromatic heterocycles. The van der Waals surface area contributed by atoms with Gasteiger partial charge in [-0.1, -0.05) is 30.3 Å². The van der Waals surface area contributed by atoms with Crippen molar-refractivity contribution in [3.8, 4) is 5.75 Å². The molecule has 0 aliphatic heterocycles. The molecule has 0 unspecified atom stereocenters. The number of carbonyl (C=O) groups is 1. The number of aryl methyl sites for hydroxylation is 2. The van der Waals surface area contributed by atoms with Crippen LogP contribution in [0.15, 0.2) is 54.9 Å². The second-order valence-electron chi connectivity index (χ2n) is 7.85. The lowest BCUT2D eigenvalue weighted by atomic mass is 9.93.